The lowest BCUT2D eigenvalue weighted by atomic mass is 9.99. The fourth-order valence-corrected chi connectivity index (χ4v) is 2.97. The molecule has 3 rings (SSSR count). The van der Waals surface area contributed by atoms with Crippen LogP contribution in [0.3, 0.4) is 0 Å². The minimum absolute atomic E-state index is 0.698. The van der Waals surface area contributed by atoms with E-state index in [1.165, 1.54) is 0 Å². The van der Waals surface area contributed by atoms with Crippen LogP contribution >= 0.6 is 23.2 Å². The Labute approximate surface area is 115 Å². The number of aromatic nitrogens is 2. The smallest absolute Gasteiger partial charge is 0.0756 e. The predicted molar refractivity (Wildman–Crippen MR) is 76.5 cm³/mol. The summed E-state index contributed by atoms with van der Waals surface area (Å²) in [6.45, 7) is 4.00. The minimum atomic E-state index is 0.698. The van der Waals surface area contributed by atoms with Gasteiger partial charge in [0.25, 0.3) is 0 Å². The molecule has 2 aromatic heterocycles. The Morgan fingerprint density at radius 3 is 1.56 bits per heavy atom. The molecule has 2 nitrogen and oxygen atoms in total. The Balaban J connectivity index is 2.70. The first-order valence-electron chi connectivity index (χ1n) is 5.59. The summed E-state index contributed by atoms with van der Waals surface area (Å²) in [5.41, 5.74) is 3.82. The van der Waals surface area contributed by atoms with Crippen molar-refractivity contribution in [3.63, 3.8) is 0 Å². The summed E-state index contributed by atoms with van der Waals surface area (Å²) >= 11 is 12.5. The molecule has 0 bridgehead atoms. The molecule has 0 aliphatic heterocycles. The van der Waals surface area contributed by atoms with E-state index in [4.69, 9.17) is 23.2 Å². The third-order valence-electron chi connectivity index (χ3n) is 3.26. The van der Waals surface area contributed by atoms with E-state index in [2.05, 4.69) is 9.97 Å². The molecule has 0 saturated carbocycles. The number of benzene rings is 1. The van der Waals surface area contributed by atoms with Crippen LogP contribution in [0, 0.1) is 13.8 Å². The van der Waals surface area contributed by atoms with Gasteiger partial charge in [-0.3, -0.25) is 9.97 Å². The third-order valence-corrected chi connectivity index (χ3v) is 3.89. The number of nitrogens with zero attached hydrogens (tertiary/aromatic N) is 2. The molecule has 0 unspecified atom stereocenters. The molecular formula is C14H10Cl2N2. The molecule has 0 aliphatic carbocycles. The molecule has 0 saturated heterocycles. The number of rotatable bonds is 0. The molecule has 3 aromatic rings. The number of aryl methyl sites for hydroxylation is 2. The van der Waals surface area contributed by atoms with Crippen molar-refractivity contribution in [1.82, 2.24) is 9.97 Å². The second-order valence-corrected chi connectivity index (χ2v) is 5.10. The van der Waals surface area contributed by atoms with Crippen molar-refractivity contribution in [2.24, 2.45) is 0 Å². The van der Waals surface area contributed by atoms with Gasteiger partial charge in [-0.05, 0) is 37.1 Å². The van der Waals surface area contributed by atoms with Gasteiger partial charge in [-0.25, -0.2) is 0 Å². The molecule has 2 heterocycles. The zero-order chi connectivity index (χ0) is 12.9. The van der Waals surface area contributed by atoms with E-state index in [1.807, 2.05) is 13.8 Å². The van der Waals surface area contributed by atoms with Crippen molar-refractivity contribution in [2.45, 2.75) is 13.8 Å². The molecule has 0 fully saturated rings. The van der Waals surface area contributed by atoms with E-state index in [-0.39, 0.29) is 0 Å². The van der Waals surface area contributed by atoms with E-state index in [0.29, 0.717) is 10.0 Å². The lowest BCUT2D eigenvalue weighted by molar-refractivity contribution is 1.33. The SMILES string of the molecule is Cc1c2nccc(Cl)c2c(C)c2nccc(Cl)c12. The van der Waals surface area contributed by atoms with Crippen LogP contribution < -0.4 is 0 Å². The van der Waals surface area contributed by atoms with Crippen LogP contribution in [0.25, 0.3) is 21.8 Å². The highest BCUT2D eigenvalue weighted by Crippen LogP contribution is 2.36. The fourth-order valence-electron chi connectivity index (χ4n) is 2.40. The number of hydrogen-bond donors (Lipinski definition) is 0. The third kappa shape index (κ3) is 1.49. The highest BCUT2D eigenvalue weighted by atomic mass is 35.5. The van der Waals surface area contributed by atoms with E-state index < -0.39 is 0 Å². The topological polar surface area (TPSA) is 25.8 Å². The first-order valence-corrected chi connectivity index (χ1v) is 6.34. The Kier molecular flexibility index (Phi) is 2.65. The van der Waals surface area contributed by atoms with Crippen LogP contribution in [-0.4, -0.2) is 9.97 Å². The van der Waals surface area contributed by atoms with Gasteiger partial charge in [-0.15, -0.1) is 0 Å². The fraction of sp³-hybridized carbons (Fsp3) is 0.143. The van der Waals surface area contributed by atoms with Gasteiger partial charge in [0.2, 0.25) is 0 Å². The van der Waals surface area contributed by atoms with Crippen molar-refractivity contribution < 1.29 is 0 Å². The predicted octanol–water partition coefficient (Wildman–Crippen LogP) is 4.71. The molecule has 90 valence electrons. The highest BCUT2D eigenvalue weighted by molar-refractivity contribution is 6.38. The largest absolute Gasteiger partial charge is 0.256 e. The molecule has 4 heteroatoms. The molecule has 0 atom stereocenters. The Morgan fingerprint density at radius 2 is 1.17 bits per heavy atom. The maximum absolute atomic E-state index is 6.27. The highest BCUT2D eigenvalue weighted by Gasteiger charge is 2.14. The minimum Gasteiger partial charge on any atom is -0.256 e. The molecule has 0 N–H and O–H groups in total. The van der Waals surface area contributed by atoms with Crippen molar-refractivity contribution in [3.8, 4) is 0 Å². The zero-order valence-electron chi connectivity index (χ0n) is 9.96. The van der Waals surface area contributed by atoms with Gasteiger partial charge in [-0.1, -0.05) is 23.2 Å². The van der Waals surface area contributed by atoms with Gasteiger partial charge in [0.05, 0.1) is 21.1 Å². The van der Waals surface area contributed by atoms with Crippen molar-refractivity contribution in [1.29, 1.82) is 0 Å². The van der Waals surface area contributed by atoms with E-state index in [1.54, 1.807) is 24.5 Å². The van der Waals surface area contributed by atoms with E-state index in [9.17, 15) is 0 Å². The molecular weight excluding hydrogens is 267 g/mol. The van der Waals surface area contributed by atoms with Crippen LogP contribution in [0.4, 0.5) is 0 Å². The second kappa shape index (κ2) is 4.08. The van der Waals surface area contributed by atoms with Gasteiger partial charge >= 0.3 is 0 Å². The van der Waals surface area contributed by atoms with Crippen LogP contribution in [0.15, 0.2) is 24.5 Å². The van der Waals surface area contributed by atoms with Gasteiger partial charge in [0.15, 0.2) is 0 Å². The van der Waals surface area contributed by atoms with Crippen LogP contribution in [0.2, 0.25) is 10.0 Å². The van der Waals surface area contributed by atoms with Crippen molar-refractivity contribution >= 4 is 45.0 Å². The Bertz CT molecular complexity index is 714. The molecule has 0 spiro atoms. The summed E-state index contributed by atoms with van der Waals surface area (Å²) in [5.74, 6) is 0. The number of fused-ring (bicyclic) bond motifs is 2. The molecule has 0 aliphatic rings. The lowest BCUT2D eigenvalue weighted by Gasteiger charge is -2.12. The quantitative estimate of drug-likeness (QED) is 0.556. The van der Waals surface area contributed by atoms with Gasteiger partial charge in [0.1, 0.15) is 0 Å². The zero-order valence-corrected chi connectivity index (χ0v) is 11.5. The Hall–Kier alpha value is -1.38. The van der Waals surface area contributed by atoms with Crippen molar-refractivity contribution in [2.75, 3.05) is 0 Å². The molecule has 0 radical (unpaired) electrons. The Morgan fingerprint density at radius 1 is 0.778 bits per heavy atom. The van der Waals surface area contributed by atoms with Crippen LogP contribution in [-0.2, 0) is 0 Å². The molecule has 0 amide bonds. The summed E-state index contributed by atoms with van der Waals surface area (Å²) in [4.78, 5) is 8.85. The summed E-state index contributed by atoms with van der Waals surface area (Å²) in [6.07, 6.45) is 3.43. The summed E-state index contributed by atoms with van der Waals surface area (Å²) < 4.78 is 0. The standard InChI is InChI=1S/C14H10Cl2N2/c1-7-11-9(15)3-6-18-14(11)8(2)12-10(16)4-5-17-13(7)12/h3-6H,1-2H3. The normalized spacial score (nSPS) is 11.3. The van der Waals surface area contributed by atoms with E-state index in [0.717, 1.165) is 32.9 Å². The molecule has 1 aromatic carbocycles. The van der Waals surface area contributed by atoms with Crippen LogP contribution in [0.1, 0.15) is 11.1 Å². The van der Waals surface area contributed by atoms with Gasteiger partial charge < -0.3 is 0 Å². The second-order valence-electron chi connectivity index (χ2n) is 4.28. The summed E-state index contributed by atoms with van der Waals surface area (Å²) in [7, 11) is 0. The van der Waals surface area contributed by atoms with Gasteiger partial charge in [-0.2, -0.15) is 0 Å². The van der Waals surface area contributed by atoms with Crippen LogP contribution in [0.5, 0.6) is 0 Å². The summed E-state index contributed by atoms with van der Waals surface area (Å²) in [6, 6.07) is 3.60. The van der Waals surface area contributed by atoms with Gasteiger partial charge in [0, 0.05) is 23.2 Å². The number of hydrogen-bond acceptors (Lipinski definition) is 2. The number of pyridine rings is 2. The maximum Gasteiger partial charge on any atom is 0.0756 e. The lowest BCUT2D eigenvalue weighted by Crippen LogP contribution is -1.93. The maximum atomic E-state index is 6.27. The summed E-state index contributed by atoms with van der Waals surface area (Å²) in [5, 5.41) is 3.31. The average Bonchev–Trinajstić information content (AvgIpc) is 2.35. The monoisotopic (exact) mass is 276 g/mol. The van der Waals surface area contributed by atoms with E-state index >= 15 is 0 Å². The molecule has 18 heavy (non-hydrogen) atoms. The first kappa shape index (κ1) is 11.7. The average molecular weight is 277 g/mol. The van der Waals surface area contributed by atoms with Crippen molar-refractivity contribution in [3.05, 3.63) is 45.7 Å². The number of halogens is 2. The first-order chi connectivity index (χ1) is 8.61.